The quantitative estimate of drug-likeness (QED) is 0.353. The van der Waals surface area contributed by atoms with Gasteiger partial charge in [-0.1, -0.05) is 25.3 Å². The second kappa shape index (κ2) is 11.2. The SMILES string of the molecule is Cc1ccc(NC2CCN(CCC3(CCC(C(=O)O)(C(=O)O)C(=O)O)CCCCC3)CC2)nc1. The Morgan fingerprint density at radius 3 is 2.18 bits per heavy atom. The van der Waals surface area contributed by atoms with Crippen LogP contribution >= 0.6 is 0 Å². The summed E-state index contributed by atoms with van der Waals surface area (Å²) in [7, 11) is 0. The van der Waals surface area contributed by atoms with Crippen LogP contribution in [0.5, 0.6) is 0 Å². The standard InChI is InChI=1S/C25H37N3O6/c1-18-5-6-20(26-17-18)27-19-7-14-28(15-8-19)16-13-24(9-3-2-4-10-24)11-12-25(21(29)30,22(31)32)23(33)34/h5-6,17,19H,2-4,7-16H2,1H3,(H,26,27)(H,29,30)(H,31,32)(H,33,34). The zero-order valence-corrected chi connectivity index (χ0v) is 20.0. The summed E-state index contributed by atoms with van der Waals surface area (Å²) in [5.41, 5.74) is -1.85. The largest absolute Gasteiger partial charge is 0.480 e. The highest BCUT2D eigenvalue weighted by atomic mass is 16.4. The summed E-state index contributed by atoms with van der Waals surface area (Å²) in [6.07, 6.45) is 9.51. The van der Waals surface area contributed by atoms with E-state index in [2.05, 4.69) is 15.2 Å². The Morgan fingerprint density at radius 1 is 1.03 bits per heavy atom. The number of rotatable bonds is 11. The minimum absolute atomic E-state index is 0.204. The zero-order chi connectivity index (χ0) is 24.8. The van der Waals surface area contributed by atoms with Crippen LogP contribution in [0.25, 0.3) is 0 Å². The van der Waals surface area contributed by atoms with Crippen LogP contribution in [0.4, 0.5) is 5.82 Å². The topological polar surface area (TPSA) is 140 Å². The molecule has 9 heteroatoms. The average Bonchev–Trinajstić information content (AvgIpc) is 2.80. The molecular formula is C25H37N3O6. The highest BCUT2D eigenvalue weighted by molar-refractivity contribution is 6.16. The van der Waals surface area contributed by atoms with E-state index in [1.165, 1.54) is 0 Å². The number of anilines is 1. The van der Waals surface area contributed by atoms with Crippen LogP contribution in [0, 0.1) is 17.8 Å². The molecule has 1 saturated heterocycles. The van der Waals surface area contributed by atoms with Gasteiger partial charge in [-0.05, 0) is 75.5 Å². The van der Waals surface area contributed by atoms with E-state index in [4.69, 9.17) is 0 Å². The summed E-state index contributed by atoms with van der Waals surface area (Å²) >= 11 is 0. The number of carbonyl (C=O) groups is 3. The first kappa shape index (κ1) is 25.9. The Labute approximate surface area is 200 Å². The Morgan fingerprint density at radius 2 is 1.65 bits per heavy atom. The lowest BCUT2D eigenvalue weighted by Crippen LogP contribution is -2.47. The van der Waals surface area contributed by atoms with Gasteiger partial charge in [0.15, 0.2) is 0 Å². The van der Waals surface area contributed by atoms with E-state index in [9.17, 15) is 29.7 Å². The van der Waals surface area contributed by atoms with Gasteiger partial charge in [0.05, 0.1) is 0 Å². The Balaban J connectivity index is 1.56. The van der Waals surface area contributed by atoms with Crippen LogP contribution in [0.2, 0.25) is 0 Å². The predicted molar refractivity (Wildman–Crippen MR) is 127 cm³/mol. The maximum atomic E-state index is 11.7. The van der Waals surface area contributed by atoms with Gasteiger partial charge >= 0.3 is 17.9 Å². The third-order valence-electron chi connectivity index (χ3n) is 7.85. The average molecular weight is 476 g/mol. The fourth-order valence-corrected chi connectivity index (χ4v) is 5.43. The molecule has 0 unspecified atom stereocenters. The van der Waals surface area contributed by atoms with Gasteiger partial charge in [-0.15, -0.1) is 0 Å². The number of carboxylic acids is 3. The highest BCUT2D eigenvalue weighted by Crippen LogP contribution is 2.46. The molecule has 0 aromatic carbocycles. The predicted octanol–water partition coefficient (Wildman–Crippen LogP) is 3.63. The van der Waals surface area contributed by atoms with Crippen molar-refractivity contribution in [3.05, 3.63) is 23.9 Å². The molecule has 1 aromatic heterocycles. The fourth-order valence-electron chi connectivity index (χ4n) is 5.43. The number of nitrogens with one attached hydrogen (secondary N) is 1. The molecule has 0 spiro atoms. The number of aliphatic carboxylic acids is 3. The van der Waals surface area contributed by atoms with Gasteiger partial charge in [0, 0.05) is 25.3 Å². The van der Waals surface area contributed by atoms with Gasteiger partial charge in [0.1, 0.15) is 5.82 Å². The Hall–Kier alpha value is -2.68. The van der Waals surface area contributed by atoms with Crippen LogP contribution in [-0.2, 0) is 14.4 Å². The number of likely N-dealkylation sites (tertiary alicyclic amines) is 1. The number of aryl methyl sites for hydroxylation is 1. The molecule has 0 amide bonds. The highest BCUT2D eigenvalue weighted by Gasteiger charge is 2.55. The molecule has 0 atom stereocenters. The van der Waals surface area contributed by atoms with Crippen molar-refractivity contribution in [3.8, 4) is 0 Å². The van der Waals surface area contributed by atoms with Crippen molar-refractivity contribution in [2.75, 3.05) is 25.0 Å². The minimum atomic E-state index is -2.78. The van der Waals surface area contributed by atoms with E-state index in [1.807, 2.05) is 25.3 Å². The van der Waals surface area contributed by atoms with Gasteiger partial charge in [0.2, 0.25) is 0 Å². The van der Waals surface area contributed by atoms with Crippen LogP contribution in [0.3, 0.4) is 0 Å². The molecule has 1 aromatic rings. The molecule has 34 heavy (non-hydrogen) atoms. The van der Waals surface area contributed by atoms with Crippen molar-refractivity contribution in [1.82, 2.24) is 9.88 Å². The van der Waals surface area contributed by atoms with Gasteiger partial charge in [-0.2, -0.15) is 0 Å². The van der Waals surface area contributed by atoms with E-state index >= 15 is 0 Å². The van der Waals surface area contributed by atoms with Gasteiger partial charge < -0.3 is 25.5 Å². The lowest BCUT2D eigenvalue weighted by atomic mass is 9.66. The van der Waals surface area contributed by atoms with Crippen LogP contribution in [0.15, 0.2) is 18.3 Å². The van der Waals surface area contributed by atoms with E-state index in [-0.39, 0.29) is 11.8 Å². The number of piperidine rings is 1. The lowest BCUT2D eigenvalue weighted by Gasteiger charge is -2.41. The van der Waals surface area contributed by atoms with Gasteiger partial charge in [-0.25, -0.2) is 4.98 Å². The molecule has 1 saturated carbocycles. The van der Waals surface area contributed by atoms with Crippen molar-refractivity contribution in [2.24, 2.45) is 10.8 Å². The second-order valence-corrected chi connectivity index (χ2v) is 10.1. The summed E-state index contributed by atoms with van der Waals surface area (Å²) in [6.45, 7) is 4.76. The van der Waals surface area contributed by atoms with E-state index < -0.39 is 23.3 Å². The number of hydrogen-bond acceptors (Lipinski definition) is 6. The first-order valence-electron chi connectivity index (χ1n) is 12.3. The van der Waals surface area contributed by atoms with Crippen LogP contribution in [-0.4, -0.2) is 68.8 Å². The number of nitrogens with zero attached hydrogens (tertiary/aromatic N) is 2. The third kappa shape index (κ3) is 6.05. The minimum Gasteiger partial charge on any atom is -0.480 e. The molecule has 2 fully saturated rings. The summed E-state index contributed by atoms with van der Waals surface area (Å²) in [5.74, 6) is -4.49. The van der Waals surface area contributed by atoms with Crippen molar-refractivity contribution in [3.63, 3.8) is 0 Å². The zero-order valence-electron chi connectivity index (χ0n) is 20.0. The first-order valence-corrected chi connectivity index (χ1v) is 12.3. The number of carboxylic acid groups (broad SMARTS) is 3. The lowest BCUT2D eigenvalue weighted by molar-refractivity contribution is -0.176. The molecule has 3 rings (SSSR count). The molecular weight excluding hydrogens is 438 g/mol. The number of aromatic nitrogens is 1. The molecule has 188 valence electrons. The van der Waals surface area contributed by atoms with Crippen LogP contribution < -0.4 is 5.32 Å². The molecule has 4 N–H and O–H groups in total. The van der Waals surface area contributed by atoms with E-state index in [0.29, 0.717) is 12.5 Å². The smallest absolute Gasteiger partial charge is 0.332 e. The summed E-state index contributed by atoms with van der Waals surface area (Å²) in [6, 6.07) is 4.42. The molecule has 2 aliphatic rings. The van der Waals surface area contributed by atoms with Crippen molar-refractivity contribution in [2.45, 2.75) is 77.2 Å². The monoisotopic (exact) mass is 475 g/mol. The van der Waals surface area contributed by atoms with E-state index in [1.54, 1.807) is 0 Å². The maximum absolute atomic E-state index is 11.7. The van der Waals surface area contributed by atoms with Crippen molar-refractivity contribution >= 4 is 23.7 Å². The van der Waals surface area contributed by atoms with Crippen molar-refractivity contribution in [1.29, 1.82) is 0 Å². The molecule has 1 aliphatic heterocycles. The van der Waals surface area contributed by atoms with Gasteiger partial charge in [-0.3, -0.25) is 14.4 Å². The number of hydrogen-bond donors (Lipinski definition) is 4. The number of pyridine rings is 1. The summed E-state index contributed by atoms with van der Waals surface area (Å²) in [4.78, 5) is 41.9. The Bertz CT molecular complexity index is 822. The fraction of sp³-hybridized carbons (Fsp3) is 0.680. The molecule has 2 heterocycles. The Kier molecular flexibility index (Phi) is 8.52. The molecule has 1 aliphatic carbocycles. The summed E-state index contributed by atoms with van der Waals surface area (Å²) < 4.78 is 0. The molecule has 9 nitrogen and oxygen atoms in total. The first-order chi connectivity index (χ1) is 16.2. The van der Waals surface area contributed by atoms with Crippen LogP contribution in [0.1, 0.15) is 69.8 Å². The molecule has 0 radical (unpaired) electrons. The van der Waals surface area contributed by atoms with Gasteiger partial charge in [0.25, 0.3) is 5.41 Å². The normalized spacial score (nSPS) is 19.4. The maximum Gasteiger partial charge on any atom is 0.332 e. The van der Waals surface area contributed by atoms with E-state index in [0.717, 1.165) is 82.4 Å². The second-order valence-electron chi connectivity index (χ2n) is 10.1. The summed E-state index contributed by atoms with van der Waals surface area (Å²) in [5, 5.41) is 31.9. The van der Waals surface area contributed by atoms with Crippen molar-refractivity contribution < 1.29 is 29.7 Å². The molecule has 0 bridgehead atoms. The third-order valence-corrected chi connectivity index (χ3v) is 7.85.